The van der Waals surface area contributed by atoms with E-state index in [4.69, 9.17) is 4.74 Å². The van der Waals surface area contributed by atoms with E-state index in [0.29, 0.717) is 56.8 Å². The van der Waals surface area contributed by atoms with Crippen LogP contribution in [0.3, 0.4) is 0 Å². The van der Waals surface area contributed by atoms with E-state index in [2.05, 4.69) is 9.64 Å². The van der Waals surface area contributed by atoms with E-state index >= 15 is 0 Å². The van der Waals surface area contributed by atoms with Crippen LogP contribution in [0.2, 0.25) is 0 Å². The van der Waals surface area contributed by atoms with Crippen molar-refractivity contribution in [1.82, 2.24) is 14.7 Å². The third-order valence-corrected chi connectivity index (χ3v) is 8.77. The molecule has 1 amide bonds. The second-order valence-electron chi connectivity index (χ2n) is 13.3. The Bertz CT molecular complexity index is 1250. The number of likely N-dealkylation sites (tertiary alicyclic amines) is 2. The summed E-state index contributed by atoms with van der Waals surface area (Å²) in [5.74, 6) is -0.398. The largest absolute Gasteiger partial charge is 0.459 e. The van der Waals surface area contributed by atoms with E-state index in [9.17, 15) is 49.1 Å². The summed E-state index contributed by atoms with van der Waals surface area (Å²) in [4.78, 5) is 31.2. The first kappa shape index (κ1) is 36.9. The van der Waals surface area contributed by atoms with Crippen LogP contribution in [0.5, 0.6) is 0 Å². The number of anilines is 1. The van der Waals surface area contributed by atoms with Gasteiger partial charge in [-0.05, 0) is 70.7 Å². The lowest BCUT2D eigenvalue weighted by Crippen LogP contribution is -2.54. The Balaban J connectivity index is 1.45. The summed E-state index contributed by atoms with van der Waals surface area (Å²) in [6.45, 7) is 7.39. The summed E-state index contributed by atoms with van der Waals surface area (Å²) >= 11 is 0. The number of nitrogens with zero attached hydrogens (tertiary/aromatic N) is 4. The fourth-order valence-corrected chi connectivity index (χ4v) is 6.48. The molecule has 3 aliphatic heterocycles. The van der Waals surface area contributed by atoms with E-state index in [1.807, 2.05) is 9.80 Å². The number of ether oxygens (including phenoxy) is 2. The number of amides is 1. The zero-order valence-corrected chi connectivity index (χ0v) is 26.3. The highest BCUT2D eigenvalue weighted by molar-refractivity contribution is 5.72. The number of esters is 1. The first-order valence-corrected chi connectivity index (χ1v) is 15.3. The normalized spacial score (nSPS) is 20.3. The number of piperazine rings is 1. The molecule has 0 aliphatic carbocycles. The average molecular weight is 691 g/mol. The van der Waals surface area contributed by atoms with Crippen molar-refractivity contribution in [3.63, 3.8) is 0 Å². The molecule has 0 radical (unpaired) electrons. The molecule has 0 N–H and O–H groups in total. The molecule has 17 heteroatoms. The molecule has 266 valence electrons. The third kappa shape index (κ3) is 9.36. The van der Waals surface area contributed by atoms with E-state index in [1.54, 1.807) is 20.8 Å². The topological polar surface area (TPSA) is 65.6 Å². The van der Waals surface area contributed by atoms with Gasteiger partial charge in [0, 0.05) is 57.0 Å². The molecule has 3 saturated heterocycles. The molecule has 3 fully saturated rings. The van der Waals surface area contributed by atoms with Gasteiger partial charge in [-0.15, -0.1) is 0 Å². The number of rotatable bonds is 6. The zero-order chi connectivity index (χ0) is 35.0. The van der Waals surface area contributed by atoms with Crippen LogP contribution >= 0.6 is 0 Å². The van der Waals surface area contributed by atoms with Crippen molar-refractivity contribution in [1.29, 1.82) is 0 Å². The summed E-state index contributed by atoms with van der Waals surface area (Å²) < 4.78 is 128. The lowest BCUT2D eigenvalue weighted by molar-refractivity contribution is -0.308. The Hall–Kier alpha value is -2.95. The van der Waals surface area contributed by atoms with Gasteiger partial charge in [-0.1, -0.05) is 6.07 Å². The SMILES string of the molecule is CC(C)(C)OC(=O)CN1CCN(c2cc(C(F)(F)F)ccc2CN2CCCC23CCN(C(=O)OC(C(F)(F)F)C(F)(F)F)CC3)CC1. The van der Waals surface area contributed by atoms with Gasteiger partial charge < -0.3 is 19.3 Å². The molecular formula is C30H39F9N4O4. The van der Waals surface area contributed by atoms with E-state index in [1.165, 1.54) is 6.07 Å². The molecule has 3 aliphatic rings. The quantitative estimate of drug-likeness (QED) is 0.259. The van der Waals surface area contributed by atoms with Gasteiger partial charge in [-0.2, -0.15) is 39.5 Å². The van der Waals surface area contributed by atoms with Crippen molar-refractivity contribution in [2.75, 3.05) is 57.3 Å². The van der Waals surface area contributed by atoms with Gasteiger partial charge in [0.25, 0.3) is 6.10 Å². The minimum Gasteiger partial charge on any atom is -0.459 e. The first-order valence-electron chi connectivity index (χ1n) is 15.3. The molecule has 0 unspecified atom stereocenters. The van der Waals surface area contributed by atoms with Crippen LogP contribution in [0, 0.1) is 0 Å². The van der Waals surface area contributed by atoms with Gasteiger partial charge in [0.05, 0.1) is 12.1 Å². The number of halogens is 9. The zero-order valence-electron chi connectivity index (χ0n) is 26.3. The van der Waals surface area contributed by atoms with Crippen LogP contribution in [0.4, 0.5) is 50.0 Å². The van der Waals surface area contributed by atoms with Gasteiger partial charge >= 0.3 is 30.6 Å². The van der Waals surface area contributed by atoms with Crippen molar-refractivity contribution in [3.8, 4) is 0 Å². The summed E-state index contributed by atoms with van der Waals surface area (Å²) in [6.07, 6.45) is -20.3. The molecular weight excluding hydrogens is 651 g/mol. The lowest BCUT2D eigenvalue weighted by Gasteiger charge is -2.45. The highest BCUT2D eigenvalue weighted by atomic mass is 19.4. The lowest BCUT2D eigenvalue weighted by atomic mass is 9.84. The first-order chi connectivity index (χ1) is 21.6. The Kier molecular flexibility index (Phi) is 10.6. The molecule has 0 saturated carbocycles. The second kappa shape index (κ2) is 13.5. The van der Waals surface area contributed by atoms with Crippen molar-refractivity contribution < 1.29 is 58.6 Å². The van der Waals surface area contributed by atoms with Crippen LogP contribution in [0.1, 0.15) is 57.6 Å². The Labute approximate surface area is 266 Å². The van der Waals surface area contributed by atoms with Crippen LogP contribution in [-0.4, -0.2) is 109 Å². The Morgan fingerprint density at radius 2 is 1.43 bits per heavy atom. The number of benzene rings is 1. The van der Waals surface area contributed by atoms with Crippen molar-refractivity contribution in [2.24, 2.45) is 0 Å². The van der Waals surface area contributed by atoms with Gasteiger partial charge in [0.2, 0.25) is 0 Å². The van der Waals surface area contributed by atoms with E-state index in [0.717, 1.165) is 17.0 Å². The Morgan fingerprint density at radius 3 is 1.96 bits per heavy atom. The number of hydrogen-bond donors (Lipinski definition) is 0. The molecule has 1 aromatic carbocycles. The fraction of sp³-hybridized carbons (Fsp3) is 0.733. The number of carbonyl (C=O) groups excluding carboxylic acids is 2. The van der Waals surface area contributed by atoms with Gasteiger partial charge in [0.1, 0.15) is 5.60 Å². The van der Waals surface area contributed by atoms with Gasteiger partial charge in [-0.3, -0.25) is 14.6 Å². The van der Waals surface area contributed by atoms with Crippen molar-refractivity contribution >= 4 is 17.7 Å². The second-order valence-corrected chi connectivity index (χ2v) is 13.3. The molecule has 47 heavy (non-hydrogen) atoms. The minimum atomic E-state index is -5.82. The summed E-state index contributed by atoms with van der Waals surface area (Å²) in [6, 6.07) is 3.55. The molecule has 3 heterocycles. The summed E-state index contributed by atoms with van der Waals surface area (Å²) in [7, 11) is 0. The van der Waals surface area contributed by atoms with Gasteiger partial charge in [-0.25, -0.2) is 4.79 Å². The molecule has 0 atom stereocenters. The van der Waals surface area contributed by atoms with Gasteiger partial charge in [0.15, 0.2) is 0 Å². The van der Waals surface area contributed by atoms with Crippen LogP contribution in [0.25, 0.3) is 0 Å². The standard InChI is InChI=1S/C30H39F9N4O4/c1-26(2,3)47-23(44)19-40-13-15-41(16-14-40)22-17-21(28(31,32)33)6-5-20(22)18-43-10-4-7-27(43)8-11-42(12-9-27)25(45)46-24(29(34,35)36)30(37,38)39/h5-6,17,24H,4,7-16,18-19H2,1-3H3. The van der Waals surface area contributed by atoms with E-state index < -0.39 is 53.4 Å². The minimum absolute atomic E-state index is 0.0501. The maximum Gasteiger partial charge on any atom is 0.434 e. The fourth-order valence-electron chi connectivity index (χ4n) is 6.48. The summed E-state index contributed by atoms with van der Waals surface area (Å²) in [5.41, 5.74) is -0.991. The predicted octanol–water partition coefficient (Wildman–Crippen LogP) is 6.23. The predicted molar refractivity (Wildman–Crippen MR) is 152 cm³/mol. The van der Waals surface area contributed by atoms with Crippen molar-refractivity contribution in [3.05, 3.63) is 29.3 Å². The van der Waals surface area contributed by atoms with Crippen LogP contribution in [0.15, 0.2) is 18.2 Å². The monoisotopic (exact) mass is 690 g/mol. The molecule has 0 bridgehead atoms. The van der Waals surface area contributed by atoms with E-state index in [-0.39, 0.29) is 39.0 Å². The van der Waals surface area contributed by atoms with Crippen molar-refractivity contribution in [2.45, 2.75) is 88.8 Å². The average Bonchev–Trinajstić information content (AvgIpc) is 3.30. The molecule has 1 spiro atoms. The number of alkyl halides is 9. The molecule has 0 aromatic heterocycles. The highest BCUT2D eigenvalue weighted by Crippen LogP contribution is 2.42. The van der Waals surface area contributed by atoms with Crippen LogP contribution in [-0.2, 0) is 27.0 Å². The maximum absolute atomic E-state index is 13.8. The smallest absolute Gasteiger partial charge is 0.434 e. The third-order valence-electron chi connectivity index (χ3n) is 8.77. The number of carbonyl (C=O) groups is 2. The Morgan fingerprint density at radius 1 is 0.830 bits per heavy atom. The highest BCUT2D eigenvalue weighted by Gasteiger charge is 2.60. The molecule has 1 aromatic rings. The molecule has 8 nitrogen and oxygen atoms in total. The van der Waals surface area contributed by atoms with Crippen LogP contribution < -0.4 is 4.90 Å². The number of piperidine rings is 1. The number of hydrogen-bond acceptors (Lipinski definition) is 7. The molecule has 4 rings (SSSR count). The summed E-state index contributed by atoms with van der Waals surface area (Å²) in [5, 5.41) is 0. The maximum atomic E-state index is 13.8.